The Morgan fingerprint density at radius 1 is 0.938 bits per heavy atom. The second kappa shape index (κ2) is 10.2. The molecule has 2 aromatic rings. The molecular weight excluding hydrogens is 410 g/mol. The maximum Gasteiger partial charge on any atom is 0.196 e. The zero-order chi connectivity index (χ0) is 22.5. The first kappa shape index (κ1) is 22.4. The average Bonchev–Trinajstić information content (AvgIpc) is 2.84. The molecule has 2 aliphatic rings. The van der Waals surface area contributed by atoms with Crippen LogP contribution in [0.3, 0.4) is 0 Å². The third kappa shape index (κ3) is 4.68. The third-order valence-corrected chi connectivity index (χ3v) is 5.88. The number of nitrogens with one attached hydrogen (secondary N) is 2. The molecule has 1 saturated heterocycles. The van der Waals surface area contributed by atoms with Crippen molar-refractivity contribution in [3.63, 3.8) is 0 Å². The molecule has 0 radical (unpaired) electrons. The minimum Gasteiger partial charge on any atom is -0.394 e. The number of hydrogen-bond donors (Lipinski definition) is 4. The van der Waals surface area contributed by atoms with E-state index in [0.29, 0.717) is 40.2 Å². The van der Waals surface area contributed by atoms with Crippen LogP contribution < -0.4 is 10.6 Å². The highest BCUT2D eigenvalue weighted by Crippen LogP contribution is 2.36. The summed E-state index contributed by atoms with van der Waals surface area (Å²) in [7, 11) is 0. The molecule has 1 heterocycles. The molecule has 0 saturated carbocycles. The monoisotopic (exact) mass is 439 g/mol. The molecule has 4 rings (SSSR count). The summed E-state index contributed by atoms with van der Waals surface area (Å²) in [5, 5.41) is 25.2. The second-order valence-corrected chi connectivity index (χ2v) is 8.07. The van der Waals surface area contributed by atoms with Gasteiger partial charge in [-0.25, -0.2) is 0 Å². The first-order valence-electron chi connectivity index (χ1n) is 11.0. The molecule has 0 aromatic heterocycles. The van der Waals surface area contributed by atoms with Crippen LogP contribution in [0, 0.1) is 0 Å². The van der Waals surface area contributed by atoms with Crippen molar-refractivity contribution >= 4 is 22.9 Å². The van der Waals surface area contributed by atoms with Gasteiger partial charge in [-0.05, 0) is 25.1 Å². The van der Waals surface area contributed by atoms with Gasteiger partial charge in [-0.3, -0.25) is 14.5 Å². The van der Waals surface area contributed by atoms with Crippen LogP contribution >= 0.6 is 0 Å². The van der Waals surface area contributed by atoms with Gasteiger partial charge < -0.3 is 25.6 Å². The smallest absolute Gasteiger partial charge is 0.196 e. The van der Waals surface area contributed by atoms with Gasteiger partial charge >= 0.3 is 0 Å². The molecule has 1 unspecified atom stereocenters. The average molecular weight is 440 g/mol. The van der Waals surface area contributed by atoms with Gasteiger partial charge in [0.2, 0.25) is 0 Å². The Hall–Kier alpha value is -2.78. The van der Waals surface area contributed by atoms with E-state index >= 15 is 0 Å². The van der Waals surface area contributed by atoms with Crippen molar-refractivity contribution in [1.82, 2.24) is 4.90 Å². The number of carbonyl (C=O) groups excluding carboxylic acids is 2. The Kier molecular flexibility index (Phi) is 7.16. The summed E-state index contributed by atoms with van der Waals surface area (Å²) in [4.78, 5) is 29.0. The maximum atomic E-state index is 13.4. The van der Waals surface area contributed by atoms with Gasteiger partial charge in [-0.1, -0.05) is 24.3 Å². The quantitative estimate of drug-likeness (QED) is 0.370. The van der Waals surface area contributed by atoms with E-state index in [1.165, 1.54) is 0 Å². The summed E-state index contributed by atoms with van der Waals surface area (Å²) in [6, 6.07) is 10.4. The van der Waals surface area contributed by atoms with E-state index in [-0.39, 0.29) is 18.1 Å². The fraction of sp³-hybridized carbons (Fsp3) is 0.417. The molecule has 0 spiro atoms. The lowest BCUT2D eigenvalue weighted by molar-refractivity contribution is 0.0378. The van der Waals surface area contributed by atoms with Gasteiger partial charge in [0.1, 0.15) is 0 Å². The summed E-state index contributed by atoms with van der Waals surface area (Å²) < 4.78 is 5.38. The van der Waals surface area contributed by atoms with Crippen LogP contribution in [0.5, 0.6) is 0 Å². The first-order chi connectivity index (χ1) is 15.6. The number of benzene rings is 2. The van der Waals surface area contributed by atoms with Crippen LogP contribution in [-0.4, -0.2) is 85.3 Å². The summed E-state index contributed by atoms with van der Waals surface area (Å²) >= 11 is 0. The van der Waals surface area contributed by atoms with Crippen LogP contribution in [0.1, 0.15) is 38.3 Å². The van der Waals surface area contributed by atoms with E-state index in [0.717, 1.165) is 39.3 Å². The van der Waals surface area contributed by atoms with Crippen molar-refractivity contribution in [3.05, 3.63) is 58.7 Å². The highest BCUT2D eigenvalue weighted by Gasteiger charge is 2.33. The molecular formula is C24H29N3O5. The van der Waals surface area contributed by atoms with Crippen LogP contribution in [-0.2, 0) is 4.74 Å². The minimum atomic E-state index is -0.967. The highest BCUT2D eigenvalue weighted by molar-refractivity contribution is 6.31. The molecule has 4 N–H and O–H groups in total. The van der Waals surface area contributed by atoms with Crippen molar-refractivity contribution < 1.29 is 24.5 Å². The molecule has 32 heavy (non-hydrogen) atoms. The molecule has 8 heteroatoms. The molecule has 2 aromatic carbocycles. The Morgan fingerprint density at radius 2 is 1.53 bits per heavy atom. The third-order valence-electron chi connectivity index (χ3n) is 5.88. The predicted octanol–water partition coefficient (Wildman–Crippen LogP) is 1.36. The molecule has 1 atom stereocenters. The number of aliphatic hydroxyl groups excluding tert-OH is 2. The number of aliphatic hydroxyl groups is 2. The zero-order valence-corrected chi connectivity index (χ0v) is 18.0. The van der Waals surface area contributed by atoms with E-state index in [1.54, 1.807) is 36.4 Å². The molecule has 1 aliphatic heterocycles. The summed E-state index contributed by atoms with van der Waals surface area (Å²) in [6.45, 7) is 4.66. The summed E-state index contributed by atoms with van der Waals surface area (Å²) in [5.74, 6) is -0.426. The highest BCUT2D eigenvalue weighted by atomic mass is 16.5. The summed E-state index contributed by atoms with van der Waals surface area (Å²) in [6.07, 6.45) is -0.0683. The van der Waals surface area contributed by atoms with Gasteiger partial charge in [-0.15, -0.1) is 0 Å². The number of anilines is 2. The largest absolute Gasteiger partial charge is 0.394 e. The fourth-order valence-corrected chi connectivity index (χ4v) is 4.16. The van der Waals surface area contributed by atoms with Gasteiger partial charge in [-0.2, -0.15) is 0 Å². The Labute approximate surface area is 187 Å². The number of hydrogen-bond acceptors (Lipinski definition) is 8. The molecule has 1 aliphatic carbocycles. The normalized spacial score (nSPS) is 16.9. The van der Waals surface area contributed by atoms with Crippen molar-refractivity contribution in [2.24, 2.45) is 0 Å². The van der Waals surface area contributed by atoms with E-state index in [4.69, 9.17) is 9.84 Å². The zero-order valence-electron chi connectivity index (χ0n) is 18.0. The number of ketones is 2. The van der Waals surface area contributed by atoms with Crippen molar-refractivity contribution in [2.75, 3.05) is 63.2 Å². The minimum absolute atomic E-state index is 0.0678. The van der Waals surface area contributed by atoms with Crippen LogP contribution in [0.4, 0.5) is 11.4 Å². The van der Waals surface area contributed by atoms with Crippen molar-refractivity contribution in [3.8, 4) is 0 Å². The van der Waals surface area contributed by atoms with Crippen molar-refractivity contribution in [1.29, 1.82) is 0 Å². The van der Waals surface area contributed by atoms with Crippen LogP contribution in [0.2, 0.25) is 0 Å². The van der Waals surface area contributed by atoms with Gasteiger partial charge in [0, 0.05) is 48.7 Å². The van der Waals surface area contributed by atoms with E-state index in [2.05, 4.69) is 15.5 Å². The number of nitrogens with zero attached hydrogens (tertiary/aromatic N) is 1. The second-order valence-electron chi connectivity index (χ2n) is 8.07. The number of rotatable bonds is 9. The molecule has 8 nitrogen and oxygen atoms in total. The maximum absolute atomic E-state index is 13.4. The lowest BCUT2D eigenvalue weighted by Crippen LogP contribution is -2.37. The predicted molar refractivity (Wildman–Crippen MR) is 122 cm³/mol. The van der Waals surface area contributed by atoms with Gasteiger partial charge in [0.25, 0.3) is 0 Å². The topological polar surface area (TPSA) is 111 Å². The number of morpholine rings is 1. The standard InChI is InChI=1S/C24H29N3O5/c28-15-16(29)14-26-20-7-6-19(25-8-3-9-27-10-12-32-13-11-27)21-22(20)24(31)18-5-2-1-4-17(18)23(21)30/h1-2,4-7,16,25-26,28-29H,3,8-15H2. The van der Waals surface area contributed by atoms with E-state index in [1.807, 2.05) is 0 Å². The molecule has 1 fully saturated rings. The Morgan fingerprint density at radius 3 is 2.12 bits per heavy atom. The van der Waals surface area contributed by atoms with Crippen molar-refractivity contribution in [2.45, 2.75) is 12.5 Å². The summed E-state index contributed by atoms with van der Waals surface area (Å²) in [5.41, 5.74) is 2.53. The van der Waals surface area contributed by atoms with Gasteiger partial charge in [0.15, 0.2) is 11.6 Å². The first-order valence-corrected chi connectivity index (χ1v) is 11.0. The van der Waals surface area contributed by atoms with E-state index < -0.39 is 12.7 Å². The van der Waals surface area contributed by atoms with E-state index in [9.17, 15) is 14.7 Å². The molecule has 0 amide bonds. The lowest BCUT2D eigenvalue weighted by Gasteiger charge is -2.27. The number of ether oxygens (including phenoxy) is 1. The molecule has 0 bridgehead atoms. The SMILES string of the molecule is O=C1c2ccccc2C(=O)c2c(NCC(O)CO)ccc(NCCCN3CCOCC3)c21. The number of fused-ring (bicyclic) bond motifs is 2. The number of carbonyl (C=O) groups is 2. The van der Waals surface area contributed by atoms with Crippen LogP contribution in [0.25, 0.3) is 0 Å². The van der Waals surface area contributed by atoms with Crippen LogP contribution in [0.15, 0.2) is 36.4 Å². The molecule has 170 valence electrons. The Bertz CT molecular complexity index is 988. The lowest BCUT2D eigenvalue weighted by atomic mass is 9.82. The van der Waals surface area contributed by atoms with Gasteiger partial charge in [0.05, 0.1) is 37.1 Å². The Balaban J connectivity index is 1.57. The fourth-order valence-electron chi connectivity index (χ4n) is 4.16.